The summed E-state index contributed by atoms with van der Waals surface area (Å²) in [7, 11) is 3.73. The third kappa shape index (κ3) is 3.29. The lowest BCUT2D eigenvalue weighted by molar-refractivity contribution is -0.143. The van der Waals surface area contributed by atoms with E-state index in [1.165, 1.54) is 0 Å². The van der Waals surface area contributed by atoms with Crippen LogP contribution in [0.2, 0.25) is 0 Å². The predicted octanol–water partition coefficient (Wildman–Crippen LogP) is 4.19. The molecule has 2 aromatic carbocycles. The van der Waals surface area contributed by atoms with Gasteiger partial charge in [-0.2, -0.15) is 0 Å². The number of allylic oxidation sites excluding steroid dienone is 2. The molecule has 2 unspecified atom stereocenters. The second-order valence-corrected chi connectivity index (χ2v) is 8.02. The SMILES string of the molecule is Cc1cccc(C2CC(=O)N(N(C)C)C3=C2C(=O)CC(c2ccccc2)C3)c1. The second kappa shape index (κ2) is 7.36. The van der Waals surface area contributed by atoms with E-state index in [1.54, 1.807) is 5.01 Å². The lowest BCUT2D eigenvalue weighted by Crippen LogP contribution is -2.47. The molecule has 0 bridgehead atoms. The zero-order valence-electron chi connectivity index (χ0n) is 16.7. The summed E-state index contributed by atoms with van der Waals surface area (Å²) in [5.41, 5.74) is 5.06. The van der Waals surface area contributed by atoms with Crippen LogP contribution in [0.5, 0.6) is 0 Å². The van der Waals surface area contributed by atoms with Crippen LogP contribution in [0.3, 0.4) is 0 Å². The second-order valence-electron chi connectivity index (χ2n) is 8.02. The Morgan fingerprint density at radius 3 is 2.29 bits per heavy atom. The monoisotopic (exact) mass is 374 g/mol. The Labute approximate surface area is 166 Å². The van der Waals surface area contributed by atoms with Crippen LogP contribution in [-0.2, 0) is 9.59 Å². The smallest absolute Gasteiger partial charge is 0.242 e. The van der Waals surface area contributed by atoms with Crippen LogP contribution in [0, 0.1) is 6.92 Å². The minimum atomic E-state index is -0.150. The molecule has 0 saturated carbocycles. The zero-order valence-corrected chi connectivity index (χ0v) is 16.7. The number of hydrogen-bond acceptors (Lipinski definition) is 3. The lowest BCUT2D eigenvalue weighted by Gasteiger charge is -2.42. The first-order valence-corrected chi connectivity index (χ1v) is 9.83. The molecule has 2 aliphatic rings. The number of nitrogens with zero attached hydrogens (tertiary/aromatic N) is 2. The van der Waals surface area contributed by atoms with Gasteiger partial charge in [-0.3, -0.25) is 9.59 Å². The van der Waals surface area contributed by atoms with Crippen molar-refractivity contribution < 1.29 is 9.59 Å². The molecule has 1 aliphatic carbocycles. The molecule has 0 aromatic heterocycles. The van der Waals surface area contributed by atoms with Gasteiger partial charge in [0.1, 0.15) is 0 Å². The van der Waals surface area contributed by atoms with E-state index in [9.17, 15) is 9.59 Å². The number of carbonyl (C=O) groups excluding carboxylic acids is 2. The summed E-state index contributed by atoms with van der Waals surface area (Å²) in [6.07, 6.45) is 1.54. The van der Waals surface area contributed by atoms with Crippen molar-refractivity contribution in [2.24, 2.45) is 0 Å². The van der Waals surface area contributed by atoms with Gasteiger partial charge in [-0.15, -0.1) is 0 Å². The molecular formula is C24H26N2O2. The van der Waals surface area contributed by atoms with Crippen molar-refractivity contribution in [1.82, 2.24) is 10.0 Å². The van der Waals surface area contributed by atoms with Crippen LogP contribution in [0.4, 0.5) is 0 Å². The molecule has 2 aromatic rings. The normalized spacial score (nSPS) is 22.6. The lowest BCUT2D eigenvalue weighted by atomic mass is 9.73. The summed E-state index contributed by atoms with van der Waals surface area (Å²) in [5, 5.41) is 3.53. The molecule has 28 heavy (non-hydrogen) atoms. The molecule has 4 nitrogen and oxygen atoms in total. The average Bonchev–Trinajstić information content (AvgIpc) is 2.67. The maximum atomic E-state index is 13.3. The van der Waals surface area contributed by atoms with Crippen molar-refractivity contribution in [3.05, 3.63) is 82.6 Å². The van der Waals surface area contributed by atoms with E-state index in [4.69, 9.17) is 0 Å². The van der Waals surface area contributed by atoms with Gasteiger partial charge in [-0.25, -0.2) is 10.0 Å². The molecule has 0 N–H and O–H groups in total. The van der Waals surface area contributed by atoms with Gasteiger partial charge in [-0.05, 0) is 30.4 Å². The van der Waals surface area contributed by atoms with E-state index in [1.807, 2.05) is 62.4 Å². The number of hydrogen-bond donors (Lipinski definition) is 0. The molecule has 4 heteroatoms. The van der Waals surface area contributed by atoms with Crippen LogP contribution in [0.15, 0.2) is 65.9 Å². The van der Waals surface area contributed by atoms with E-state index < -0.39 is 0 Å². The first kappa shape index (κ1) is 18.6. The van der Waals surface area contributed by atoms with E-state index in [-0.39, 0.29) is 23.5 Å². The van der Waals surface area contributed by atoms with Gasteiger partial charge in [-0.1, -0.05) is 60.2 Å². The van der Waals surface area contributed by atoms with Gasteiger partial charge in [0.05, 0.1) is 0 Å². The quantitative estimate of drug-likeness (QED) is 0.809. The summed E-state index contributed by atoms with van der Waals surface area (Å²) in [6, 6.07) is 18.4. The highest BCUT2D eigenvalue weighted by Gasteiger charge is 2.42. The van der Waals surface area contributed by atoms with E-state index >= 15 is 0 Å². The van der Waals surface area contributed by atoms with Crippen LogP contribution in [0.1, 0.15) is 47.8 Å². The third-order valence-electron chi connectivity index (χ3n) is 5.82. The molecule has 0 spiro atoms. The van der Waals surface area contributed by atoms with Crippen molar-refractivity contribution in [1.29, 1.82) is 0 Å². The fourth-order valence-corrected chi connectivity index (χ4v) is 4.62. The third-order valence-corrected chi connectivity index (χ3v) is 5.82. The Hall–Kier alpha value is -2.72. The van der Waals surface area contributed by atoms with Gasteiger partial charge >= 0.3 is 0 Å². The highest BCUT2D eigenvalue weighted by atomic mass is 16.2. The van der Waals surface area contributed by atoms with Gasteiger partial charge in [0.25, 0.3) is 0 Å². The van der Waals surface area contributed by atoms with Crippen LogP contribution < -0.4 is 0 Å². The van der Waals surface area contributed by atoms with Crippen molar-refractivity contribution in [3.63, 3.8) is 0 Å². The summed E-state index contributed by atoms with van der Waals surface area (Å²) in [6.45, 7) is 2.05. The number of ketones is 1. The number of benzene rings is 2. The predicted molar refractivity (Wildman–Crippen MR) is 110 cm³/mol. The molecule has 4 rings (SSSR count). The molecule has 144 valence electrons. The number of carbonyl (C=O) groups is 2. The number of amides is 1. The minimum absolute atomic E-state index is 0.0526. The Kier molecular flexibility index (Phi) is 4.90. The van der Waals surface area contributed by atoms with E-state index in [0.29, 0.717) is 19.3 Å². The fourth-order valence-electron chi connectivity index (χ4n) is 4.62. The Balaban J connectivity index is 1.82. The zero-order chi connectivity index (χ0) is 19.8. The first-order valence-electron chi connectivity index (χ1n) is 9.83. The van der Waals surface area contributed by atoms with Crippen molar-refractivity contribution in [2.45, 2.75) is 38.0 Å². The average molecular weight is 374 g/mol. The maximum Gasteiger partial charge on any atom is 0.242 e. The van der Waals surface area contributed by atoms with Crippen molar-refractivity contribution in [2.75, 3.05) is 14.1 Å². The van der Waals surface area contributed by atoms with Crippen molar-refractivity contribution >= 4 is 11.7 Å². The summed E-state index contributed by atoms with van der Waals surface area (Å²) < 4.78 is 0. The minimum Gasteiger partial charge on any atom is -0.294 e. The van der Waals surface area contributed by atoms with E-state index in [2.05, 4.69) is 18.2 Å². The van der Waals surface area contributed by atoms with Gasteiger partial charge in [0.15, 0.2) is 5.78 Å². The van der Waals surface area contributed by atoms with Crippen LogP contribution in [-0.4, -0.2) is 35.8 Å². The van der Waals surface area contributed by atoms with Crippen LogP contribution >= 0.6 is 0 Å². The summed E-state index contributed by atoms with van der Waals surface area (Å²) >= 11 is 0. The Bertz CT molecular complexity index is 946. The number of Topliss-reactive ketones (excluding diaryl/α,β-unsaturated/α-hetero) is 1. The largest absolute Gasteiger partial charge is 0.294 e. The van der Waals surface area contributed by atoms with Gasteiger partial charge in [0.2, 0.25) is 5.91 Å². The Morgan fingerprint density at radius 1 is 0.893 bits per heavy atom. The topological polar surface area (TPSA) is 40.6 Å². The number of hydrazine groups is 1. The van der Waals surface area contributed by atoms with Crippen LogP contribution in [0.25, 0.3) is 0 Å². The van der Waals surface area contributed by atoms with E-state index in [0.717, 1.165) is 28.0 Å². The summed E-state index contributed by atoms with van der Waals surface area (Å²) in [4.78, 5) is 26.4. The van der Waals surface area contributed by atoms with Crippen molar-refractivity contribution in [3.8, 4) is 0 Å². The first-order chi connectivity index (χ1) is 13.5. The fraction of sp³-hybridized carbons (Fsp3) is 0.333. The highest BCUT2D eigenvalue weighted by molar-refractivity contribution is 6.02. The standard InChI is InChI=1S/C24H26N2O2/c1-16-8-7-11-18(12-16)20-15-23(28)26(25(2)3)21-13-19(14-22(27)24(20)21)17-9-5-4-6-10-17/h4-12,19-20H,13-15H2,1-3H3. The molecule has 2 atom stereocenters. The molecular weight excluding hydrogens is 348 g/mol. The molecule has 0 fully saturated rings. The molecule has 1 amide bonds. The number of rotatable bonds is 3. The molecule has 0 radical (unpaired) electrons. The highest BCUT2D eigenvalue weighted by Crippen LogP contribution is 2.45. The Morgan fingerprint density at radius 2 is 1.61 bits per heavy atom. The van der Waals surface area contributed by atoms with Gasteiger partial charge < -0.3 is 0 Å². The maximum absolute atomic E-state index is 13.3. The number of aryl methyl sites for hydroxylation is 1. The van der Waals surface area contributed by atoms with Gasteiger partial charge in [0, 0.05) is 44.1 Å². The summed E-state index contributed by atoms with van der Waals surface area (Å²) in [5.74, 6) is 0.180. The molecule has 1 heterocycles. The molecule has 1 aliphatic heterocycles. The molecule has 0 saturated heterocycles.